The van der Waals surface area contributed by atoms with E-state index in [2.05, 4.69) is 27.2 Å². The molecule has 26 heavy (non-hydrogen) atoms. The molecule has 0 saturated heterocycles. The van der Waals surface area contributed by atoms with Gasteiger partial charge in [-0.05, 0) is 31.5 Å². The minimum atomic E-state index is -0.202. The molecule has 4 aromatic rings. The average molecular weight is 381 g/mol. The van der Waals surface area contributed by atoms with Crippen LogP contribution in [0.25, 0.3) is 21.6 Å². The van der Waals surface area contributed by atoms with Crippen LogP contribution in [0.1, 0.15) is 20.8 Å². The number of fused-ring (bicyclic) bond motifs is 1. The number of anilines is 2. The summed E-state index contributed by atoms with van der Waals surface area (Å²) in [6.07, 6.45) is 1.65. The standard InChI is InChI=1S/C18H15N5OS2/c1-9-10(2)26-17-13(9)14(19)21-15(22-17)11-3-5-12(6-4-11)16(24)23-18-20-7-8-25-18/h3-8H,1-2H3,(H2,19,21,22)(H,20,23,24). The highest BCUT2D eigenvalue weighted by atomic mass is 32.1. The predicted octanol–water partition coefficient (Wildman–Crippen LogP) is 4.27. The smallest absolute Gasteiger partial charge is 0.257 e. The number of hydrogen-bond acceptors (Lipinski definition) is 7. The van der Waals surface area contributed by atoms with Gasteiger partial charge in [-0.1, -0.05) is 12.1 Å². The molecule has 0 bridgehead atoms. The van der Waals surface area contributed by atoms with Gasteiger partial charge in [-0.3, -0.25) is 10.1 Å². The molecular formula is C18H15N5OS2. The summed E-state index contributed by atoms with van der Waals surface area (Å²) in [6, 6.07) is 7.13. The predicted molar refractivity (Wildman–Crippen MR) is 107 cm³/mol. The summed E-state index contributed by atoms with van der Waals surface area (Å²) in [4.78, 5) is 27.4. The topological polar surface area (TPSA) is 93.8 Å². The summed E-state index contributed by atoms with van der Waals surface area (Å²) in [6.45, 7) is 4.08. The summed E-state index contributed by atoms with van der Waals surface area (Å²) >= 11 is 2.99. The maximum absolute atomic E-state index is 12.2. The van der Waals surface area contributed by atoms with Crippen molar-refractivity contribution in [3.8, 4) is 11.4 Å². The molecule has 0 fully saturated rings. The van der Waals surface area contributed by atoms with E-state index in [4.69, 9.17) is 5.73 Å². The molecule has 0 radical (unpaired) electrons. The van der Waals surface area contributed by atoms with Gasteiger partial charge in [-0.25, -0.2) is 15.0 Å². The average Bonchev–Trinajstić information content (AvgIpc) is 3.23. The Morgan fingerprint density at radius 2 is 1.92 bits per heavy atom. The van der Waals surface area contributed by atoms with Gasteiger partial charge in [0.25, 0.3) is 5.91 Å². The van der Waals surface area contributed by atoms with Crippen LogP contribution in [0.2, 0.25) is 0 Å². The van der Waals surface area contributed by atoms with E-state index >= 15 is 0 Å². The number of thiophene rings is 1. The molecule has 0 aliphatic carbocycles. The van der Waals surface area contributed by atoms with Gasteiger partial charge in [0.1, 0.15) is 10.6 Å². The van der Waals surface area contributed by atoms with Crippen LogP contribution >= 0.6 is 22.7 Å². The van der Waals surface area contributed by atoms with Crippen molar-refractivity contribution < 1.29 is 4.79 Å². The zero-order chi connectivity index (χ0) is 18.3. The molecule has 6 nitrogen and oxygen atoms in total. The maximum atomic E-state index is 12.2. The number of amides is 1. The van der Waals surface area contributed by atoms with Crippen LogP contribution < -0.4 is 11.1 Å². The van der Waals surface area contributed by atoms with Crippen molar-refractivity contribution in [2.24, 2.45) is 0 Å². The fourth-order valence-electron chi connectivity index (χ4n) is 2.63. The van der Waals surface area contributed by atoms with Gasteiger partial charge in [-0.2, -0.15) is 0 Å². The molecule has 0 unspecified atom stereocenters. The Bertz CT molecular complexity index is 1100. The van der Waals surface area contributed by atoms with E-state index in [0.29, 0.717) is 22.3 Å². The summed E-state index contributed by atoms with van der Waals surface area (Å²) in [5, 5.41) is 6.07. The highest BCUT2D eigenvalue weighted by Crippen LogP contribution is 2.33. The van der Waals surface area contributed by atoms with Crippen molar-refractivity contribution in [3.63, 3.8) is 0 Å². The van der Waals surface area contributed by atoms with Crippen LogP contribution in [-0.4, -0.2) is 20.9 Å². The monoisotopic (exact) mass is 381 g/mol. The Balaban J connectivity index is 1.64. The van der Waals surface area contributed by atoms with Crippen LogP contribution in [0.3, 0.4) is 0 Å². The molecule has 3 N–H and O–H groups in total. The lowest BCUT2D eigenvalue weighted by molar-refractivity contribution is 0.102. The molecule has 0 atom stereocenters. The minimum absolute atomic E-state index is 0.202. The molecule has 0 aliphatic heterocycles. The molecule has 0 aliphatic rings. The first-order valence-corrected chi connectivity index (χ1v) is 9.57. The number of nitrogens with one attached hydrogen (secondary N) is 1. The summed E-state index contributed by atoms with van der Waals surface area (Å²) in [7, 11) is 0. The lowest BCUT2D eigenvalue weighted by Gasteiger charge is -2.05. The van der Waals surface area contributed by atoms with E-state index in [0.717, 1.165) is 21.3 Å². The Labute approximate surface area is 157 Å². The number of rotatable bonds is 3. The number of nitrogen functional groups attached to an aromatic ring is 1. The molecule has 1 amide bonds. The Kier molecular flexibility index (Phi) is 4.14. The second-order valence-electron chi connectivity index (χ2n) is 5.76. The molecule has 4 rings (SSSR count). The number of aryl methyl sites for hydroxylation is 2. The first-order valence-electron chi connectivity index (χ1n) is 7.87. The number of thiazole rings is 1. The summed E-state index contributed by atoms with van der Waals surface area (Å²) < 4.78 is 0. The lowest BCUT2D eigenvalue weighted by Crippen LogP contribution is -2.11. The van der Waals surface area contributed by atoms with Crippen molar-refractivity contribution in [1.82, 2.24) is 15.0 Å². The van der Waals surface area contributed by atoms with Crippen molar-refractivity contribution in [2.45, 2.75) is 13.8 Å². The number of nitrogens with zero attached hydrogens (tertiary/aromatic N) is 3. The largest absolute Gasteiger partial charge is 0.383 e. The first kappa shape index (κ1) is 16.6. The van der Waals surface area contributed by atoms with Gasteiger partial charge in [0.05, 0.1) is 5.39 Å². The van der Waals surface area contributed by atoms with E-state index < -0.39 is 0 Å². The van der Waals surface area contributed by atoms with Gasteiger partial charge in [0.15, 0.2) is 11.0 Å². The summed E-state index contributed by atoms with van der Waals surface area (Å²) in [5.74, 6) is 0.840. The van der Waals surface area contributed by atoms with E-state index in [-0.39, 0.29) is 5.91 Å². The highest BCUT2D eigenvalue weighted by Gasteiger charge is 2.14. The Morgan fingerprint density at radius 3 is 2.62 bits per heavy atom. The SMILES string of the molecule is Cc1sc2nc(-c3ccc(C(=O)Nc4nccs4)cc3)nc(N)c2c1C. The third-order valence-electron chi connectivity index (χ3n) is 4.11. The fourth-order valence-corrected chi connectivity index (χ4v) is 4.20. The number of hydrogen-bond donors (Lipinski definition) is 2. The maximum Gasteiger partial charge on any atom is 0.257 e. The molecule has 0 spiro atoms. The van der Waals surface area contributed by atoms with Crippen LogP contribution in [0.4, 0.5) is 10.9 Å². The number of aromatic nitrogens is 3. The quantitative estimate of drug-likeness (QED) is 0.553. The second-order valence-corrected chi connectivity index (χ2v) is 7.86. The Morgan fingerprint density at radius 1 is 1.15 bits per heavy atom. The van der Waals surface area contributed by atoms with Crippen molar-refractivity contribution in [1.29, 1.82) is 0 Å². The molecule has 0 saturated carbocycles. The highest BCUT2D eigenvalue weighted by molar-refractivity contribution is 7.18. The molecule has 3 heterocycles. The zero-order valence-electron chi connectivity index (χ0n) is 14.1. The van der Waals surface area contributed by atoms with Gasteiger partial charge >= 0.3 is 0 Å². The molecular weight excluding hydrogens is 366 g/mol. The molecule has 130 valence electrons. The van der Waals surface area contributed by atoms with Crippen LogP contribution in [0.15, 0.2) is 35.8 Å². The summed E-state index contributed by atoms with van der Waals surface area (Å²) in [5.41, 5.74) is 8.63. The van der Waals surface area contributed by atoms with Crippen molar-refractivity contribution in [3.05, 3.63) is 51.8 Å². The van der Waals surface area contributed by atoms with Crippen molar-refractivity contribution >= 4 is 49.7 Å². The normalized spacial score (nSPS) is 11.0. The van der Waals surface area contributed by atoms with Gasteiger partial charge in [-0.15, -0.1) is 22.7 Å². The molecule has 3 aromatic heterocycles. The number of carbonyl (C=O) groups is 1. The third-order valence-corrected chi connectivity index (χ3v) is 5.90. The van der Waals surface area contributed by atoms with E-state index in [1.807, 2.05) is 24.4 Å². The minimum Gasteiger partial charge on any atom is -0.383 e. The van der Waals surface area contributed by atoms with Crippen LogP contribution in [0, 0.1) is 13.8 Å². The number of nitrogens with two attached hydrogens (primary N) is 1. The fraction of sp³-hybridized carbons (Fsp3) is 0.111. The van der Waals surface area contributed by atoms with Gasteiger partial charge < -0.3 is 5.73 Å². The van der Waals surface area contributed by atoms with Gasteiger partial charge in [0, 0.05) is 27.6 Å². The van der Waals surface area contributed by atoms with E-state index in [1.54, 1.807) is 29.7 Å². The van der Waals surface area contributed by atoms with E-state index in [9.17, 15) is 4.79 Å². The van der Waals surface area contributed by atoms with Crippen LogP contribution in [0.5, 0.6) is 0 Å². The number of carbonyl (C=O) groups excluding carboxylic acids is 1. The van der Waals surface area contributed by atoms with Crippen molar-refractivity contribution in [2.75, 3.05) is 11.1 Å². The van der Waals surface area contributed by atoms with E-state index in [1.165, 1.54) is 16.2 Å². The molecule has 1 aromatic carbocycles. The third kappa shape index (κ3) is 2.93. The second kappa shape index (κ2) is 6.47. The number of benzene rings is 1. The lowest BCUT2D eigenvalue weighted by atomic mass is 10.1. The first-order chi connectivity index (χ1) is 12.5. The van der Waals surface area contributed by atoms with Gasteiger partial charge in [0.2, 0.25) is 0 Å². The van der Waals surface area contributed by atoms with Crippen LogP contribution in [-0.2, 0) is 0 Å². The Hall–Kier alpha value is -2.84. The molecule has 8 heteroatoms. The zero-order valence-corrected chi connectivity index (χ0v) is 15.7.